The van der Waals surface area contributed by atoms with Crippen LogP contribution in [0, 0.1) is 5.92 Å². The molecule has 2 nitrogen and oxygen atoms in total. The van der Waals surface area contributed by atoms with Crippen molar-refractivity contribution in [1.29, 1.82) is 0 Å². The molecule has 4 aromatic carbocycles. The van der Waals surface area contributed by atoms with E-state index in [1.807, 2.05) is 0 Å². The molecule has 3 aliphatic rings. The minimum absolute atomic E-state index is 0.199. The van der Waals surface area contributed by atoms with Gasteiger partial charge in [-0.05, 0) is 66.9 Å². The van der Waals surface area contributed by atoms with Gasteiger partial charge in [-0.1, -0.05) is 131 Å². The zero-order chi connectivity index (χ0) is 27.6. The van der Waals surface area contributed by atoms with Crippen LogP contribution >= 0.6 is 7.92 Å². The van der Waals surface area contributed by atoms with Crippen molar-refractivity contribution in [3.8, 4) is 16.9 Å². The Morgan fingerprint density at radius 2 is 1.37 bits per heavy atom. The highest BCUT2D eigenvalue weighted by atomic mass is 31.1. The van der Waals surface area contributed by atoms with Crippen molar-refractivity contribution in [3.63, 3.8) is 0 Å². The summed E-state index contributed by atoms with van der Waals surface area (Å²) in [5, 5.41) is 14.7. The molecule has 4 aromatic rings. The number of rotatable bonds is 5. The van der Waals surface area contributed by atoms with E-state index in [4.69, 9.17) is 4.99 Å². The summed E-state index contributed by atoms with van der Waals surface area (Å²) in [5.74, 6) is 1.01. The topological polar surface area (TPSA) is 32.6 Å². The fourth-order valence-electron chi connectivity index (χ4n) is 8.31. The number of phenolic OH excluding ortho intramolecular Hbond substituents is 1. The Hall–Kier alpha value is -2.96. The van der Waals surface area contributed by atoms with Gasteiger partial charge in [-0.3, -0.25) is 4.99 Å². The number of nitrogens with zero attached hydrogens (tertiary/aromatic N) is 1. The van der Waals surface area contributed by atoms with Crippen molar-refractivity contribution in [2.45, 2.75) is 81.7 Å². The van der Waals surface area contributed by atoms with Crippen molar-refractivity contribution in [1.82, 2.24) is 0 Å². The fourth-order valence-corrected chi connectivity index (χ4v) is 12.0. The molecule has 41 heavy (non-hydrogen) atoms. The first-order valence-electron chi connectivity index (χ1n) is 16.0. The minimum Gasteiger partial charge on any atom is -0.507 e. The highest BCUT2D eigenvalue weighted by Crippen LogP contribution is 2.66. The molecule has 2 aliphatic carbocycles. The van der Waals surface area contributed by atoms with Crippen molar-refractivity contribution in [2.75, 3.05) is 6.16 Å². The number of fused-ring (bicyclic) bond motifs is 1. The molecule has 2 saturated carbocycles. The molecule has 1 aliphatic heterocycles. The van der Waals surface area contributed by atoms with Crippen LogP contribution in [-0.2, 0) is 5.41 Å². The standard InChI is InChI=1S/C38H42NOP/c40-36-33(29-14-4-1-5-15-29)23-13-24-34(36)38(30-18-6-2-7-19-30)26-27-41(31-20-8-3-9-21-31)37(38)39-35-25-12-17-28-16-10-11-22-32(28)35/h1,4-5,10-17,22-25,30-31,40H,2-3,6-9,18-21,26-27H2. The highest BCUT2D eigenvalue weighted by Gasteiger charge is 2.54. The van der Waals surface area contributed by atoms with E-state index in [9.17, 15) is 5.11 Å². The predicted octanol–water partition coefficient (Wildman–Crippen LogP) is 11.0. The third kappa shape index (κ3) is 4.93. The van der Waals surface area contributed by atoms with Crippen molar-refractivity contribution < 1.29 is 5.11 Å². The van der Waals surface area contributed by atoms with Crippen molar-refractivity contribution in [2.24, 2.45) is 10.9 Å². The molecular formula is C38H42NOP. The normalized spacial score (nSPS) is 25.2. The van der Waals surface area contributed by atoms with Gasteiger partial charge in [0, 0.05) is 21.9 Å². The van der Waals surface area contributed by atoms with Gasteiger partial charge in [0.05, 0.1) is 11.1 Å². The Labute approximate surface area is 246 Å². The molecule has 1 saturated heterocycles. The molecule has 3 heteroatoms. The summed E-state index contributed by atoms with van der Waals surface area (Å²) in [5.41, 5.74) is 6.31. The van der Waals surface area contributed by atoms with Crippen LogP contribution in [0.25, 0.3) is 21.9 Å². The summed E-state index contributed by atoms with van der Waals surface area (Å²) in [4.78, 5) is 5.83. The second kappa shape index (κ2) is 11.7. The maximum Gasteiger partial charge on any atom is 0.127 e. The number of phenols is 1. The average Bonchev–Trinajstić information content (AvgIpc) is 3.42. The number of para-hydroxylation sites is 1. The summed E-state index contributed by atoms with van der Waals surface area (Å²) in [6, 6.07) is 32.3. The van der Waals surface area contributed by atoms with Crippen LogP contribution in [0.3, 0.4) is 0 Å². The molecule has 2 atom stereocenters. The molecule has 0 spiro atoms. The van der Waals surface area contributed by atoms with Crippen LogP contribution in [0.15, 0.2) is 96.0 Å². The number of aromatic hydroxyl groups is 1. The maximum atomic E-state index is 12.2. The molecule has 7 rings (SSSR count). The Balaban J connectivity index is 1.47. The largest absolute Gasteiger partial charge is 0.507 e. The molecular weight excluding hydrogens is 517 g/mol. The highest BCUT2D eigenvalue weighted by molar-refractivity contribution is 7.76. The van der Waals surface area contributed by atoms with Gasteiger partial charge in [-0.2, -0.15) is 0 Å². The molecule has 210 valence electrons. The Kier molecular flexibility index (Phi) is 7.70. The van der Waals surface area contributed by atoms with Gasteiger partial charge in [0.1, 0.15) is 5.75 Å². The minimum atomic E-state index is -0.379. The van der Waals surface area contributed by atoms with Crippen LogP contribution in [0.2, 0.25) is 0 Å². The van der Waals surface area contributed by atoms with Crippen LogP contribution in [0.5, 0.6) is 5.75 Å². The van der Waals surface area contributed by atoms with E-state index in [0.717, 1.165) is 34.5 Å². The Morgan fingerprint density at radius 1 is 0.683 bits per heavy atom. The lowest BCUT2D eigenvalue weighted by Crippen LogP contribution is -2.41. The first kappa shape index (κ1) is 26.9. The van der Waals surface area contributed by atoms with E-state index >= 15 is 0 Å². The SMILES string of the molecule is Oc1c(-c2ccccc2)cccc1C1(C2CCCCC2)CCP(C2CCCCC2)C1=Nc1cccc2ccccc12. The van der Waals surface area contributed by atoms with Crippen LogP contribution in [-0.4, -0.2) is 22.4 Å². The van der Waals surface area contributed by atoms with E-state index in [-0.39, 0.29) is 13.3 Å². The van der Waals surface area contributed by atoms with Crippen LogP contribution in [0.4, 0.5) is 5.69 Å². The summed E-state index contributed by atoms with van der Waals surface area (Å²) in [6.45, 7) is 0. The second-order valence-corrected chi connectivity index (χ2v) is 15.1. The third-order valence-corrected chi connectivity index (χ3v) is 13.5. The molecule has 0 aromatic heterocycles. The molecule has 1 heterocycles. The van der Waals surface area contributed by atoms with Gasteiger partial charge >= 0.3 is 0 Å². The molecule has 0 bridgehead atoms. The zero-order valence-corrected chi connectivity index (χ0v) is 25.0. The van der Waals surface area contributed by atoms with Gasteiger partial charge in [0.15, 0.2) is 0 Å². The molecule has 0 radical (unpaired) electrons. The van der Waals surface area contributed by atoms with Crippen LogP contribution in [0.1, 0.15) is 76.2 Å². The lowest BCUT2D eigenvalue weighted by atomic mass is 9.63. The Bertz CT molecular complexity index is 1530. The summed E-state index contributed by atoms with van der Waals surface area (Å²) in [6.07, 6.45) is 15.5. The van der Waals surface area contributed by atoms with Crippen molar-refractivity contribution in [3.05, 3.63) is 96.6 Å². The zero-order valence-electron chi connectivity index (χ0n) is 24.1. The second-order valence-electron chi connectivity index (χ2n) is 12.5. The van der Waals surface area contributed by atoms with E-state index in [0.29, 0.717) is 11.7 Å². The summed E-state index contributed by atoms with van der Waals surface area (Å²) in [7, 11) is -0.379. The smallest absolute Gasteiger partial charge is 0.127 e. The van der Waals surface area contributed by atoms with E-state index < -0.39 is 0 Å². The molecule has 1 N–H and O–H groups in total. The number of hydrogen-bond donors (Lipinski definition) is 1. The fraction of sp³-hybridized carbons (Fsp3) is 0.395. The van der Waals surface area contributed by atoms with Gasteiger partial charge in [-0.15, -0.1) is 0 Å². The Morgan fingerprint density at radius 3 is 2.17 bits per heavy atom. The number of aliphatic imine (C=N–C) groups is 1. The number of benzene rings is 4. The molecule has 2 unspecified atom stereocenters. The number of hydrogen-bond acceptors (Lipinski definition) is 2. The molecule has 3 fully saturated rings. The van der Waals surface area contributed by atoms with Gasteiger partial charge in [-0.25, -0.2) is 0 Å². The average molecular weight is 560 g/mol. The van der Waals surface area contributed by atoms with Crippen molar-refractivity contribution >= 4 is 29.8 Å². The lowest BCUT2D eigenvalue weighted by molar-refractivity contribution is 0.257. The van der Waals surface area contributed by atoms with E-state index in [1.54, 1.807) is 0 Å². The van der Waals surface area contributed by atoms with Gasteiger partial charge < -0.3 is 5.11 Å². The maximum absolute atomic E-state index is 12.2. The monoisotopic (exact) mass is 559 g/mol. The summed E-state index contributed by atoms with van der Waals surface area (Å²) < 4.78 is 0. The summed E-state index contributed by atoms with van der Waals surface area (Å²) >= 11 is 0. The van der Waals surface area contributed by atoms with E-state index in [1.165, 1.54) is 86.6 Å². The van der Waals surface area contributed by atoms with Crippen LogP contribution < -0.4 is 0 Å². The lowest BCUT2D eigenvalue weighted by Gasteiger charge is -2.43. The van der Waals surface area contributed by atoms with Gasteiger partial charge in [0.2, 0.25) is 0 Å². The predicted molar refractivity (Wildman–Crippen MR) is 176 cm³/mol. The quantitative estimate of drug-likeness (QED) is 0.242. The van der Waals surface area contributed by atoms with E-state index in [2.05, 4.69) is 91.0 Å². The van der Waals surface area contributed by atoms with Gasteiger partial charge in [0.25, 0.3) is 0 Å². The third-order valence-electron chi connectivity index (χ3n) is 10.3. The molecule has 0 amide bonds. The first-order chi connectivity index (χ1) is 20.3. The first-order valence-corrected chi connectivity index (χ1v) is 17.6.